The second kappa shape index (κ2) is 4.77. The molecule has 0 aromatic carbocycles. The zero-order chi connectivity index (χ0) is 12.3. The van der Waals surface area contributed by atoms with Gasteiger partial charge in [0.05, 0.1) is 5.69 Å². The Balaban J connectivity index is 3.21. The van der Waals surface area contributed by atoms with E-state index in [1.165, 1.54) is 0 Å². The fourth-order valence-electron chi connectivity index (χ4n) is 0.922. The van der Waals surface area contributed by atoms with Gasteiger partial charge in [0.15, 0.2) is 17.9 Å². The van der Waals surface area contributed by atoms with Crippen LogP contribution < -0.4 is 4.74 Å². The lowest BCUT2D eigenvalue weighted by atomic mass is 10.3. The molecule has 0 saturated carbocycles. The number of alkyl halides is 4. The van der Waals surface area contributed by atoms with E-state index in [-0.39, 0.29) is 17.3 Å². The van der Waals surface area contributed by atoms with Crippen molar-refractivity contribution in [3.05, 3.63) is 23.3 Å². The van der Waals surface area contributed by atoms with E-state index in [0.717, 1.165) is 6.07 Å². The van der Waals surface area contributed by atoms with E-state index in [0.29, 0.717) is 0 Å². The standard InChI is InChI=1S/C8H4BrF4NO2/c9-2-4-1-6(16-8(11,12)13)7(10)5(3-15)14-4/h1,3H,2H2. The van der Waals surface area contributed by atoms with Crippen LogP contribution in [0.4, 0.5) is 17.6 Å². The first-order chi connectivity index (χ1) is 7.37. The summed E-state index contributed by atoms with van der Waals surface area (Å²) in [5.41, 5.74) is -0.668. The smallest absolute Gasteiger partial charge is 0.402 e. The van der Waals surface area contributed by atoms with E-state index in [4.69, 9.17) is 0 Å². The maximum Gasteiger partial charge on any atom is 0.573 e. The molecule has 0 atom stereocenters. The van der Waals surface area contributed by atoms with Crippen LogP contribution in [0.15, 0.2) is 6.07 Å². The molecule has 0 aliphatic carbocycles. The SMILES string of the molecule is O=Cc1nc(CBr)cc(OC(F)(F)F)c1F. The van der Waals surface area contributed by atoms with Crippen molar-refractivity contribution < 1.29 is 27.1 Å². The molecule has 1 aromatic heterocycles. The molecule has 0 spiro atoms. The number of halogens is 5. The largest absolute Gasteiger partial charge is 0.573 e. The number of pyridine rings is 1. The van der Waals surface area contributed by atoms with Gasteiger partial charge >= 0.3 is 6.36 Å². The van der Waals surface area contributed by atoms with Crippen LogP contribution in [0.5, 0.6) is 5.75 Å². The van der Waals surface area contributed by atoms with Gasteiger partial charge in [0.25, 0.3) is 0 Å². The van der Waals surface area contributed by atoms with E-state index in [1.54, 1.807) is 0 Å². The molecule has 1 aromatic rings. The predicted molar refractivity (Wildman–Crippen MR) is 48.9 cm³/mol. The molecule has 0 fully saturated rings. The predicted octanol–water partition coefficient (Wildman–Crippen LogP) is 2.83. The molecule has 1 heterocycles. The number of nitrogens with zero attached hydrogens (tertiary/aromatic N) is 1. The Labute approximate surface area is 95.6 Å². The fourth-order valence-corrected chi connectivity index (χ4v) is 1.21. The Hall–Kier alpha value is -1.18. The van der Waals surface area contributed by atoms with Crippen molar-refractivity contribution in [3.8, 4) is 5.75 Å². The van der Waals surface area contributed by atoms with Gasteiger partial charge in [-0.1, -0.05) is 15.9 Å². The topological polar surface area (TPSA) is 39.2 Å². The van der Waals surface area contributed by atoms with Crippen molar-refractivity contribution in [2.45, 2.75) is 11.7 Å². The summed E-state index contributed by atoms with van der Waals surface area (Å²) in [6.07, 6.45) is -5.00. The maximum atomic E-state index is 13.2. The normalized spacial score (nSPS) is 11.3. The lowest BCUT2D eigenvalue weighted by molar-refractivity contribution is -0.275. The zero-order valence-corrected chi connectivity index (χ0v) is 9.10. The molecule has 0 radical (unpaired) electrons. The van der Waals surface area contributed by atoms with Gasteiger partial charge in [-0.15, -0.1) is 13.2 Å². The van der Waals surface area contributed by atoms with E-state index >= 15 is 0 Å². The first-order valence-corrected chi connectivity index (χ1v) is 4.96. The highest BCUT2D eigenvalue weighted by atomic mass is 79.9. The van der Waals surface area contributed by atoms with Crippen molar-refractivity contribution >= 4 is 22.2 Å². The number of carbonyl (C=O) groups is 1. The number of carbonyl (C=O) groups excluding carboxylic acids is 1. The number of rotatable bonds is 3. The molecule has 0 bridgehead atoms. The van der Waals surface area contributed by atoms with Crippen LogP contribution in [0.1, 0.15) is 16.2 Å². The lowest BCUT2D eigenvalue weighted by Crippen LogP contribution is -2.19. The third-order valence-electron chi connectivity index (χ3n) is 1.48. The van der Waals surface area contributed by atoms with Gasteiger partial charge in [-0.25, -0.2) is 9.37 Å². The van der Waals surface area contributed by atoms with Gasteiger partial charge in [0, 0.05) is 11.4 Å². The van der Waals surface area contributed by atoms with Crippen LogP contribution in [0.2, 0.25) is 0 Å². The summed E-state index contributed by atoms with van der Waals surface area (Å²) in [4.78, 5) is 13.8. The van der Waals surface area contributed by atoms with Gasteiger partial charge in [0.1, 0.15) is 5.69 Å². The van der Waals surface area contributed by atoms with E-state index in [9.17, 15) is 22.4 Å². The van der Waals surface area contributed by atoms with Gasteiger partial charge < -0.3 is 4.74 Å². The highest BCUT2D eigenvalue weighted by molar-refractivity contribution is 9.08. The van der Waals surface area contributed by atoms with E-state index in [2.05, 4.69) is 25.7 Å². The molecule has 16 heavy (non-hydrogen) atoms. The van der Waals surface area contributed by atoms with Crippen molar-refractivity contribution in [2.75, 3.05) is 0 Å². The molecule has 1 rings (SSSR count). The summed E-state index contributed by atoms with van der Waals surface area (Å²) in [5.74, 6) is -2.50. The molecule has 0 aliphatic rings. The van der Waals surface area contributed by atoms with Crippen LogP contribution in [0.25, 0.3) is 0 Å². The van der Waals surface area contributed by atoms with Crippen LogP contribution >= 0.6 is 15.9 Å². The molecule has 88 valence electrons. The van der Waals surface area contributed by atoms with E-state index in [1.807, 2.05) is 0 Å². The Kier molecular flexibility index (Phi) is 3.84. The molecule has 3 nitrogen and oxygen atoms in total. The average molecular weight is 302 g/mol. The Morgan fingerprint density at radius 2 is 2.12 bits per heavy atom. The number of hydrogen-bond donors (Lipinski definition) is 0. The maximum absolute atomic E-state index is 13.2. The molecule has 0 N–H and O–H groups in total. The minimum atomic E-state index is -5.02. The molecule has 0 aliphatic heterocycles. The van der Waals surface area contributed by atoms with Crippen LogP contribution in [-0.4, -0.2) is 17.6 Å². The summed E-state index contributed by atoms with van der Waals surface area (Å²) in [6, 6.07) is 0.768. The monoisotopic (exact) mass is 301 g/mol. The minimum Gasteiger partial charge on any atom is -0.402 e. The summed E-state index contributed by atoms with van der Waals surface area (Å²) >= 11 is 2.92. The Morgan fingerprint density at radius 1 is 1.50 bits per heavy atom. The number of hydrogen-bond acceptors (Lipinski definition) is 3. The second-order valence-electron chi connectivity index (χ2n) is 2.61. The van der Waals surface area contributed by atoms with Gasteiger partial charge in [0.2, 0.25) is 0 Å². The van der Waals surface area contributed by atoms with Crippen LogP contribution in [0, 0.1) is 5.82 Å². The highest BCUT2D eigenvalue weighted by Gasteiger charge is 2.33. The third kappa shape index (κ3) is 3.16. The summed E-state index contributed by atoms with van der Waals surface area (Å²) < 4.78 is 52.3. The number of ether oxygens (including phenoxy) is 1. The fraction of sp³-hybridized carbons (Fsp3) is 0.250. The first-order valence-electron chi connectivity index (χ1n) is 3.83. The van der Waals surface area contributed by atoms with Crippen molar-refractivity contribution in [1.82, 2.24) is 4.98 Å². The summed E-state index contributed by atoms with van der Waals surface area (Å²) in [7, 11) is 0. The summed E-state index contributed by atoms with van der Waals surface area (Å²) in [5, 5.41) is 0.0718. The Morgan fingerprint density at radius 3 is 2.56 bits per heavy atom. The van der Waals surface area contributed by atoms with Crippen LogP contribution in [0.3, 0.4) is 0 Å². The molecule has 0 saturated heterocycles. The highest BCUT2D eigenvalue weighted by Crippen LogP contribution is 2.27. The van der Waals surface area contributed by atoms with Crippen LogP contribution in [-0.2, 0) is 5.33 Å². The molecule has 0 amide bonds. The van der Waals surface area contributed by atoms with Gasteiger partial charge in [-0.2, -0.15) is 0 Å². The van der Waals surface area contributed by atoms with Crippen molar-refractivity contribution in [3.63, 3.8) is 0 Å². The Bertz CT molecular complexity index is 408. The number of aldehydes is 1. The lowest BCUT2D eigenvalue weighted by Gasteiger charge is -2.11. The second-order valence-corrected chi connectivity index (χ2v) is 3.17. The minimum absolute atomic E-state index is 0.0186. The molecule has 8 heteroatoms. The molecular formula is C8H4BrF4NO2. The first kappa shape index (κ1) is 12.9. The van der Waals surface area contributed by atoms with E-state index < -0.39 is 23.6 Å². The molecular weight excluding hydrogens is 298 g/mol. The van der Waals surface area contributed by atoms with Crippen molar-refractivity contribution in [1.29, 1.82) is 0 Å². The third-order valence-corrected chi connectivity index (χ3v) is 2.05. The zero-order valence-electron chi connectivity index (χ0n) is 7.52. The summed E-state index contributed by atoms with van der Waals surface area (Å²) in [6.45, 7) is 0. The average Bonchev–Trinajstić information content (AvgIpc) is 2.19. The van der Waals surface area contributed by atoms with Gasteiger partial charge in [-0.05, 0) is 0 Å². The van der Waals surface area contributed by atoms with Crippen molar-refractivity contribution in [2.24, 2.45) is 0 Å². The molecule has 0 unspecified atom stereocenters. The van der Waals surface area contributed by atoms with Gasteiger partial charge in [-0.3, -0.25) is 4.79 Å². The number of aromatic nitrogens is 1. The quantitative estimate of drug-likeness (QED) is 0.489.